The van der Waals surface area contributed by atoms with Crippen LogP contribution in [0.2, 0.25) is 0 Å². The first-order valence-corrected chi connectivity index (χ1v) is 9.77. The maximum atomic E-state index is 11.9. The SMILES string of the molecule is CCCC1CCCC(CCN2C(=O)CC(S(=O)(=O)O)C2O)C1. The number of rotatable bonds is 6. The number of carbonyl (C=O) groups is 1. The molecule has 0 spiro atoms. The molecule has 1 aliphatic heterocycles. The van der Waals surface area contributed by atoms with E-state index in [0.717, 1.165) is 25.2 Å². The number of hydrogen-bond acceptors (Lipinski definition) is 4. The number of amides is 1. The van der Waals surface area contributed by atoms with Crippen LogP contribution in [-0.4, -0.2) is 46.9 Å². The van der Waals surface area contributed by atoms with Gasteiger partial charge >= 0.3 is 0 Å². The first kappa shape index (κ1) is 17.7. The van der Waals surface area contributed by atoms with Gasteiger partial charge in [0, 0.05) is 6.54 Å². The number of carbonyl (C=O) groups excluding carboxylic acids is 1. The Morgan fingerprint density at radius 2 is 1.86 bits per heavy atom. The Labute approximate surface area is 132 Å². The number of aliphatic hydroxyl groups is 1. The molecule has 2 N–H and O–H groups in total. The van der Waals surface area contributed by atoms with Gasteiger partial charge in [0.25, 0.3) is 10.1 Å². The summed E-state index contributed by atoms with van der Waals surface area (Å²) in [6, 6.07) is 0. The van der Waals surface area contributed by atoms with Crippen LogP contribution in [0.4, 0.5) is 0 Å². The van der Waals surface area contributed by atoms with E-state index in [0.29, 0.717) is 12.5 Å². The molecule has 6 nitrogen and oxygen atoms in total. The highest BCUT2D eigenvalue weighted by Gasteiger charge is 2.45. The highest BCUT2D eigenvalue weighted by Crippen LogP contribution is 2.34. The zero-order chi connectivity index (χ0) is 16.3. The minimum atomic E-state index is -4.39. The predicted octanol–water partition coefficient (Wildman–Crippen LogP) is 1.79. The molecule has 0 aromatic heterocycles. The standard InChI is InChI=1S/C15H27NO5S/c1-2-4-11-5-3-6-12(9-11)7-8-16-14(17)10-13(15(16)18)22(19,20)21/h11-13,15,18H,2-10H2,1H3,(H,19,20,21). The predicted molar refractivity (Wildman–Crippen MR) is 82.6 cm³/mol. The second-order valence-electron chi connectivity index (χ2n) is 6.73. The fourth-order valence-electron chi connectivity index (χ4n) is 3.92. The van der Waals surface area contributed by atoms with E-state index in [1.807, 2.05) is 0 Å². The Balaban J connectivity index is 1.87. The molecule has 0 aromatic carbocycles. The van der Waals surface area contributed by atoms with Crippen molar-refractivity contribution in [2.24, 2.45) is 11.8 Å². The van der Waals surface area contributed by atoms with Gasteiger partial charge in [0.05, 0.1) is 6.42 Å². The van der Waals surface area contributed by atoms with Gasteiger partial charge in [0.15, 0.2) is 0 Å². The van der Waals surface area contributed by atoms with E-state index in [-0.39, 0.29) is 6.42 Å². The molecule has 2 aliphatic rings. The van der Waals surface area contributed by atoms with Gasteiger partial charge in [0.2, 0.25) is 5.91 Å². The monoisotopic (exact) mass is 333 g/mol. The van der Waals surface area contributed by atoms with Gasteiger partial charge in [-0.25, -0.2) is 0 Å². The summed E-state index contributed by atoms with van der Waals surface area (Å²) in [5, 5.41) is 8.58. The maximum absolute atomic E-state index is 11.9. The average Bonchev–Trinajstić information content (AvgIpc) is 2.73. The summed E-state index contributed by atoms with van der Waals surface area (Å²) in [4.78, 5) is 13.1. The minimum absolute atomic E-state index is 0.330. The summed E-state index contributed by atoms with van der Waals surface area (Å²) < 4.78 is 31.4. The van der Waals surface area contributed by atoms with Crippen LogP contribution in [0.15, 0.2) is 0 Å². The van der Waals surface area contributed by atoms with Gasteiger partial charge in [-0.05, 0) is 24.7 Å². The van der Waals surface area contributed by atoms with E-state index in [4.69, 9.17) is 4.55 Å². The smallest absolute Gasteiger partial charge is 0.272 e. The van der Waals surface area contributed by atoms with Crippen LogP contribution in [0.5, 0.6) is 0 Å². The van der Waals surface area contributed by atoms with Gasteiger partial charge in [-0.2, -0.15) is 8.42 Å². The largest absolute Gasteiger partial charge is 0.372 e. The molecule has 0 bridgehead atoms. The van der Waals surface area contributed by atoms with E-state index in [1.54, 1.807) is 0 Å². The molecule has 1 saturated heterocycles. The van der Waals surface area contributed by atoms with Crippen molar-refractivity contribution >= 4 is 16.0 Å². The third-order valence-corrected chi connectivity index (χ3v) is 6.27. The van der Waals surface area contributed by atoms with Gasteiger partial charge in [-0.15, -0.1) is 0 Å². The molecule has 0 aromatic rings. The second kappa shape index (κ2) is 7.27. The molecule has 22 heavy (non-hydrogen) atoms. The maximum Gasteiger partial charge on any atom is 0.272 e. The highest BCUT2D eigenvalue weighted by molar-refractivity contribution is 7.86. The van der Waals surface area contributed by atoms with Crippen molar-refractivity contribution in [2.45, 2.75) is 69.8 Å². The molecule has 1 aliphatic carbocycles. The molecule has 2 fully saturated rings. The quantitative estimate of drug-likeness (QED) is 0.723. The molecular formula is C15H27NO5S. The van der Waals surface area contributed by atoms with Gasteiger partial charge in [0.1, 0.15) is 11.5 Å². The Morgan fingerprint density at radius 1 is 1.23 bits per heavy atom. The fraction of sp³-hybridized carbons (Fsp3) is 0.933. The van der Waals surface area contributed by atoms with E-state index < -0.39 is 27.5 Å². The molecule has 1 amide bonds. The molecular weight excluding hydrogens is 306 g/mol. The van der Waals surface area contributed by atoms with Crippen LogP contribution < -0.4 is 0 Å². The van der Waals surface area contributed by atoms with E-state index >= 15 is 0 Å². The summed E-state index contributed by atoms with van der Waals surface area (Å²) in [5.41, 5.74) is 0. The molecule has 2 rings (SSSR count). The molecule has 1 saturated carbocycles. The van der Waals surface area contributed by atoms with Crippen molar-refractivity contribution in [3.63, 3.8) is 0 Å². The van der Waals surface area contributed by atoms with Crippen LogP contribution in [0, 0.1) is 11.8 Å². The van der Waals surface area contributed by atoms with Crippen molar-refractivity contribution < 1.29 is 22.9 Å². The van der Waals surface area contributed by atoms with E-state index in [2.05, 4.69) is 6.92 Å². The first-order chi connectivity index (χ1) is 10.3. The third kappa shape index (κ3) is 4.20. The summed E-state index contributed by atoms with van der Waals surface area (Å²) in [6.07, 6.45) is 6.26. The summed E-state index contributed by atoms with van der Waals surface area (Å²) in [5.74, 6) is 0.902. The lowest BCUT2D eigenvalue weighted by Gasteiger charge is -2.31. The number of aliphatic hydroxyl groups excluding tert-OH is 1. The van der Waals surface area contributed by atoms with Crippen molar-refractivity contribution in [1.29, 1.82) is 0 Å². The van der Waals surface area contributed by atoms with Crippen molar-refractivity contribution in [2.75, 3.05) is 6.54 Å². The Morgan fingerprint density at radius 3 is 2.41 bits per heavy atom. The Kier molecular flexibility index (Phi) is 5.85. The summed E-state index contributed by atoms with van der Waals surface area (Å²) in [6.45, 7) is 2.56. The van der Waals surface area contributed by atoms with Crippen LogP contribution in [0.1, 0.15) is 58.3 Å². The van der Waals surface area contributed by atoms with Gasteiger partial charge in [-0.1, -0.05) is 39.0 Å². The third-order valence-electron chi connectivity index (χ3n) is 5.10. The second-order valence-corrected chi connectivity index (χ2v) is 8.37. The molecule has 0 radical (unpaired) electrons. The lowest BCUT2D eigenvalue weighted by molar-refractivity contribution is -0.133. The number of nitrogens with zero attached hydrogens (tertiary/aromatic N) is 1. The van der Waals surface area contributed by atoms with Crippen molar-refractivity contribution in [3.05, 3.63) is 0 Å². The van der Waals surface area contributed by atoms with Gasteiger partial charge < -0.3 is 10.0 Å². The molecule has 4 atom stereocenters. The average molecular weight is 333 g/mol. The number of hydrogen-bond donors (Lipinski definition) is 2. The lowest BCUT2D eigenvalue weighted by Crippen LogP contribution is -2.40. The molecule has 128 valence electrons. The van der Waals surface area contributed by atoms with Crippen LogP contribution in [-0.2, 0) is 14.9 Å². The lowest BCUT2D eigenvalue weighted by atomic mass is 9.78. The molecule has 1 heterocycles. The van der Waals surface area contributed by atoms with E-state index in [1.165, 1.54) is 30.6 Å². The minimum Gasteiger partial charge on any atom is -0.372 e. The molecule has 7 heteroatoms. The van der Waals surface area contributed by atoms with Crippen molar-refractivity contribution in [3.8, 4) is 0 Å². The zero-order valence-electron chi connectivity index (χ0n) is 13.1. The zero-order valence-corrected chi connectivity index (χ0v) is 14.0. The molecule has 4 unspecified atom stereocenters. The first-order valence-electron chi connectivity index (χ1n) is 8.26. The van der Waals surface area contributed by atoms with Crippen LogP contribution >= 0.6 is 0 Å². The van der Waals surface area contributed by atoms with Gasteiger partial charge in [-0.3, -0.25) is 9.35 Å². The fourth-order valence-corrected chi connectivity index (χ4v) is 4.72. The Hall–Kier alpha value is -0.660. The Bertz CT molecular complexity index is 490. The summed E-state index contributed by atoms with van der Waals surface area (Å²) in [7, 11) is -4.39. The van der Waals surface area contributed by atoms with E-state index in [9.17, 15) is 18.3 Å². The number of likely N-dealkylation sites (tertiary alicyclic amines) is 1. The highest BCUT2D eigenvalue weighted by atomic mass is 32.2. The van der Waals surface area contributed by atoms with Crippen molar-refractivity contribution in [1.82, 2.24) is 4.90 Å². The van der Waals surface area contributed by atoms with Crippen LogP contribution in [0.3, 0.4) is 0 Å². The normalized spacial score (nSPS) is 33.4. The topological polar surface area (TPSA) is 94.9 Å². The van der Waals surface area contributed by atoms with Crippen LogP contribution in [0.25, 0.3) is 0 Å². The summed E-state index contributed by atoms with van der Waals surface area (Å²) >= 11 is 0.